The van der Waals surface area contributed by atoms with Crippen LogP contribution in [0.15, 0.2) is 42.5 Å². The van der Waals surface area contributed by atoms with Gasteiger partial charge in [0.05, 0.1) is 23.6 Å². The van der Waals surface area contributed by atoms with Crippen molar-refractivity contribution in [2.24, 2.45) is 0 Å². The molecule has 0 aromatic heterocycles. The Morgan fingerprint density at radius 1 is 1.16 bits per heavy atom. The van der Waals surface area contributed by atoms with Crippen molar-refractivity contribution in [3.8, 4) is 6.07 Å². The van der Waals surface area contributed by atoms with E-state index in [2.05, 4.69) is 5.32 Å². The van der Waals surface area contributed by atoms with Gasteiger partial charge in [0.15, 0.2) is 0 Å². The number of nitriles is 1. The molecule has 2 aromatic carbocycles. The molecule has 0 radical (unpaired) electrons. The highest BCUT2D eigenvalue weighted by Crippen LogP contribution is 2.21. The van der Waals surface area contributed by atoms with Crippen molar-refractivity contribution in [3.05, 3.63) is 59.2 Å². The number of sulfonamides is 1. The fraction of sp³-hybridized carbons (Fsp3) is 0.222. The minimum absolute atomic E-state index is 0.349. The molecule has 0 bridgehead atoms. The monoisotopic (exact) mass is 357 g/mol. The number of amides is 1. The lowest BCUT2D eigenvalue weighted by atomic mass is 10.1. The molecule has 7 heteroatoms. The summed E-state index contributed by atoms with van der Waals surface area (Å²) in [5.74, 6) is -0.487. The molecule has 2 rings (SSSR count). The Kier molecular flexibility index (Phi) is 5.45. The standard InChI is InChI=1S/C18H19N3O3S/c1-13-7-8-17(9-14(13)2)21(25(3,23)24)12-18(22)20-16-6-4-5-15(10-16)11-19/h4-10H,12H2,1-3H3,(H,20,22). The molecule has 0 unspecified atom stereocenters. The number of nitrogens with one attached hydrogen (secondary N) is 1. The van der Waals surface area contributed by atoms with Crippen molar-refractivity contribution in [1.29, 1.82) is 5.26 Å². The molecule has 130 valence electrons. The van der Waals surface area contributed by atoms with Crippen LogP contribution in [0, 0.1) is 25.2 Å². The molecule has 0 spiro atoms. The highest BCUT2D eigenvalue weighted by Gasteiger charge is 2.21. The molecule has 6 nitrogen and oxygen atoms in total. The molecule has 0 heterocycles. The van der Waals surface area contributed by atoms with Crippen molar-refractivity contribution in [2.75, 3.05) is 22.4 Å². The zero-order valence-corrected chi connectivity index (χ0v) is 15.1. The first kappa shape index (κ1) is 18.5. The normalized spacial score (nSPS) is 10.8. The average molecular weight is 357 g/mol. The summed E-state index contributed by atoms with van der Waals surface area (Å²) in [6.45, 7) is 3.46. The second kappa shape index (κ2) is 7.36. The molecule has 0 fully saturated rings. The van der Waals surface area contributed by atoms with Gasteiger partial charge in [-0.1, -0.05) is 12.1 Å². The predicted molar refractivity (Wildman–Crippen MR) is 97.9 cm³/mol. The van der Waals surface area contributed by atoms with Gasteiger partial charge in [-0.25, -0.2) is 8.42 Å². The highest BCUT2D eigenvalue weighted by molar-refractivity contribution is 7.92. The number of hydrogen-bond acceptors (Lipinski definition) is 4. The van der Waals surface area contributed by atoms with Crippen LogP contribution in [-0.2, 0) is 14.8 Å². The average Bonchev–Trinajstić information content (AvgIpc) is 2.54. The van der Waals surface area contributed by atoms with Crippen LogP contribution in [0.2, 0.25) is 0 Å². The maximum Gasteiger partial charge on any atom is 0.245 e. The lowest BCUT2D eigenvalue weighted by molar-refractivity contribution is -0.114. The van der Waals surface area contributed by atoms with E-state index in [9.17, 15) is 13.2 Å². The molecule has 2 aromatic rings. The first-order valence-corrected chi connectivity index (χ1v) is 9.40. The molecule has 0 saturated carbocycles. The molecular formula is C18H19N3O3S. The fourth-order valence-corrected chi connectivity index (χ4v) is 3.13. The van der Waals surface area contributed by atoms with Crippen LogP contribution in [0.3, 0.4) is 0 Å². The summed E-state index contributed by atoms with van der Waals surface area (Å²) in [5.41, 5.74) is 3.26. The van der Waals surface area contributed by atoms with Crippen LogP contribution in [0.1, 0.15) is 16.7 Å². The summed E-state index contributed by atoms with van der Waals surface area (Å²) in [7, 11) is -3.63. The Morgan fingerprint density at radius 3 is 2.48 bits per heavy atom. The second-order valence-electron chi connectivity index (χ2n) is 5.78. The molecule has 1 amide bonds. The number of aryl methyl sites for hydroxylation is 2. The maximum atomic E-state index is 12.3. The Bertz CT molecular complexity index is 946. The lowest BCUT2D eigenvalue weighted by Gasteiger charge is -2.22. The minimum atomic E-state index is -3.63. The number of hydrogen-bond donors (Lipinski definition) is 1. The molecule has 0 saturated heterocycles. The Balaban J connectivity index is 2.24. The molecule has 1 N–H and O–H groups in total. The van der Waals surface area contributed by atoms with Gasteiger partial charge in [-0.15, -0.1) is 0 Å². The summed E-state index contributed by atoms with van der Waals surface area (Å²) < 4.78 is 25.3. The van der Waals surface area contributed by atoms with Crippen molar-refractivity contribution >= 4 is 27.3 Å². The van der Waals surface area contributed by atoms with Crippen molar-refractivity contribution in [2.45, 2.75) is 13.8 Å². The maximum absolute atomic E-state index is 12.3. The van der Waals surface area contributed by atoms with Crippen LogP contribution in [-0.4, -0.2) is 27.1 Å². The van der Waals surface area contributed by atoms with Gasteiger partial charge >= 0.3 is 0 Å². The molecule has 0 aliphatic carbocycles. The number of rotatable bonds is 5. The predicted octanol–water partition coefficient (Wildman–Crippen LogP) is 2.58. The number of nitrogens with zero attached hydrogens (tertiary/aromatic N) is 2. The first-order chi connectivity index (χ1) is 11.7. The van der Waals surface area contributed by atoms with Gasteiger partial charge < -0.3 is 5.32 Å². The van der Waals surface area contributed by atoms with Gasteiger partial charge in [0.2, 0.25) is 15.9 Å². The molecule has 0 aliphatic rings. The van der Waals surface area contributed by atoms with Crippen LogP contribution in [0.5, 0.6) is 0 Å². The first-order valence-electron chi connectivity index (χ1n) is 7.55. The van der Waals surface area contributed by atoms with Gasteiger partial charge in [-0.3, -0.25) is 9.10 Å². The second-order valence-corrected chi connectivity index (χ2v) is 7.69. The molecule has 0 atom stereocenters. The van der Waals surface area contributed by atoms with E-state index < -0.39 is 15.9 Å². The Morgan fingerprint density at radius 2 is 1.88 bits per heavy atom. The van der Waals surface area contributed by atoms with Crippen molar-refractivity contribution in [1.82, 2.24) is 0 Å². The van der Waals surface area contributed by atoms with E-state index in [0.29, 0.717) is 16.9 Å². The topological polar surface area (TPSA) is 90.3 Å². The lowest BCUT2D eigenvalue weighted by Crippen LogP contribution is -2.37. The SMILES string of the molecule is Cc1ccc(N(CC(=O)Nc2cccc(C#N)c2)S(C)(=O)=O)cc1C. The van der Waals surface area contributed by atoms with E-state index in [1.54, 1.807) is 30.3 Å². The third kappa shape index (κ3) is 4.81. The summed E-state index contributed by atoms with van der Waals surface area (Å²) >= 11 is 0. The number of anilines is 2. The Labute approximate surface area is 147 Å². The summed E-state index contributed by atoms with van der Waals surface area (Å²) in [4.78, 5) is 12.3. The zero-order chi connectivity index (χ0) is 18.6. The van der Waals surface area contributed by atoms with Gasteiger partial charge in [-0.05, 0) is 55.3 Å². The van der Waals surface area contributed by atoms with E-state index in [1.807, 2.05) is 26.0 Å². The van der Waals surface area contributed by atoms with E-state index in [4.69, 9.17) is 5.26 Å². The quantitative estimate of drug-likeness (QED) is 0.890. The van der Waals surface area contributed by atoms with Crippen molar-refractivity contribution in [3.63, 3.8) is 0 Å². The third-order valence-corrected chi connectivity index (χ3v) is 4.88. The fourth-order valence-electron chi connectivity index (χ4n) is 2.28. The molecular weight excluding hydrogens is 338 g/mol. The van der Waals surface area contributed by atoms with E-state index in [1.165, 1.54) is 6.07 Å². The van der Waals surface area contributed by atoms with Crippen molar-refractivity contribution < 1.29 is 13.2 Å². The van der Waals surface area contributed by atoms with Crippen LogP contribution < -0.4 is 9.62 Å². The largest absolute Gasteiger partial charge is 0.324 e. The molecule has 25 heavy (non-hydrogen) atoms. The smallest absolute Gasteiger partial charge is 0.245 e. The summed E-state index contributed by atoms with van der Waals surface area (Å²) in [6, 6.07) is 13.6. The summed E-state index contributed by atoms with van der Waals surface area (Å²) in [5, 5.41) is 11.5. The third-order valence-electron chi connectivity index (χ3n) is 3.74. The van der Waals surface area contributed by atoms with Gasteiger partial charge in [0, 0.05) is 5.69 Å². The van der Waals surface area contributed by atoms with E-state index >= 15 is 0 Å². The number of carbonyl (C=O) groups is 1. The van der Waals surface area contributed by atoms with E-state index in [0.717, 1.165) is 21.7 Å². The van der Waals surface area contributed by atoms with Crippen LogP contribution >= 0.6 is 0 Å². The van der Waals surface area contributed by atoms with Crippen LogP contribution in [0.25, 0.3) is 0 Å². The number of carbonyl (C=O) groups excluding carboxylic acids is 1. The highest BCUT2D eigenvalue weighted by atomic mass is 32.2. The van der Waals surface area contributed by atoms with Gasteiger partial charge in [-0.2, -0.15) is 5.26 Å². The van der Waals surface area contributed by atoms with Crippen LogP contribution in [0.4, 0.5) is 11.4 Å². The van der Waals surface area contributed by atoms with Gasteiger partial charge in [0.1, 0.15) is 6.54 Å². The Hall–Kier alpha value is -2.85. The van der Waals surface area contributed by atoms with Gasteiger partial charge in [0.25, 0.3) is 0 Å². The minimum Gasteiger partial charge on any atom is -0.324 e. The van der Waals surface area contributed by atoms with E-state index in [-0.39, 0.29) is 6.54 Å². The molecule has 0 aliphatic heterocycles. The number of benzene rings is 2. The summed E-state index contributed by atoms with van der Waals surface area (Å²) in [6.07, 6.45) is 1.06. The zero-order valence-electron chi connectivity index (χ0n) is 14.3.